The predicted molar refractivity (Wildman–Crippen MR) is 87.7 cm³/mol. The van der Waals surface area contributed by atoms with E-state index in [2.05, 4.69) is 0 Å². The molecule has 0 unspecified atom stereocenters. The summed E-state index contributed by atoms with van der Waals surface area (Å²) in [5.74, 6) is -0.731. The van der Waals surface area contributed by atoms with Crippen LogP contribution in [0.25, 0.3) is 0 Å². The molecule has 0 spiro atoms. The molecule has 2 aromatic carbocycles. The number of aryl methyl sites for hydroxylation is 2. The number of hydrogen-bond acceptors (Lipinski definition) is 2. The summed E-state index contributed by atoms with van der Waals surface area (Å²) in [6, 6.07) is 9.72. The Morgan fingerprint density at radius 3 is 2.48 bits per heavy atom. The SMILES string of the molecule is Cc1cc(CCC2=CC(=O)c3ccccc3C2=O)c(F)cc1Cl. The number of rotatable bonds is 3. The molecule has 0 aromatic heterocycles. The zero-order chi connectivity index (χ0) is 16.6. The van der Waals surface area contributed by atoms with Crippen LogP contribution in [0.4, 0.5) is 4.39 Å². The number of benzene rings is 2. The first-order valence-electron chi connectivity index (χ1n) is 7.30. The maximum absolute atomic E-state index is 13.9. The van der Waals surface area contributed by atoms with Crippen LogP contribution in [0.5, 0.6) is 0 Å². The summed E-state index contributed by atoms with van der Waals surface area (Å²) < 4.78 is 13.9. The van der Waals surface area contributed by atoms with Gasteiger partial charge in [0.25, 0.3) is 0 Å². The standard InChI is InChI=1S/C19H14ClFO2/c1-11-8-12(17(21)10-16(11)20)6-7-13-9-18(22)14-4-2-3-5-15(14)19(13)23/h2-5,8-10H,6-7H2,1H3. The quantitative estimate of drug-likeness (QED) is 0.816. The second-order valence-corrected chi connectivity index (χ2v) is 6.01. The van der Waals surface area contributed by atoms with Gasteiger partial charge in [0, 0.05) is 21.7 Å². The minimum Gasteiger partial charge on any atom is -0.289 e. The first-order valence-corrected chi connectivity index (χ1v) is 7.68. The minimum atomic E-state index is -0.392. The third kappa shape index (κ3) is 2.97. The molecule has 0 aliphatic heterocycles. The van der Waals surface area contributed by atoms with Gasteiger partial charge in [-0.25, -0.2) is 4.39 Å². The second-order valence-electron chi connectivity index (χ2n) is 5.60. The molecule has 1 aliphatic rings. The summed E-state index contributed by atoms with van der Waals surface area (Å²) in [5, 5.41) is 0.378. The Morgan fingerprint density at radius 2 is 1.74 bits per heavy atom. The molecule has 0 radical (unpaired) electrons. The van der Waals surface area contributed by atoms with E-state index in [9.17, 15) is 14.0 Å². The summed E-state index contributed by atoms with van der Waals surface area (Å²) >= 11 is 5.88. The van der Waals surface area contributed by atoms with Gasteiger partial charge in [-0.05, 0) is 43.0 Å². The summed E-state index contributed by atoms with van der Waals surface area (Å²) in [6.45, 7) is 1.80. The Bertz CT molecular complexity index is 852. The van der Waals surface area contributed by atoms with Crippen LogP contribution in [0.15, 0.2) is 48.0 Å². The van der Waals surface area contributed by atoms with Crippen molar-refractivity contribution in [2.45, 2.75) is 19.8 Å². The minimum absolute atomic E-state index is 0.161. The maximum atomic E-state index is 13.9. The lowest BCUT2D eigenvalue weighted by Gasteiger charge is -2.15. The van der Waals surface area contributed by atoms with E-state index in [1.54, 1.807) is 37.3 Å². The van der Waals surface area contributed by atoms with Gasteiger partial charge < -0.3 is 0 Å². The number of allylic oxidation sites excluding steroid dienone is 2. The van der Waals surface area contributed by atoms with E-state index in [4.69, 9.17) is 11.6 Å². The molecule has 2 aromatic rings. The molecule has 23 heavy (non-hydrogen) atoms. The summed E-state index contributed by atoms with van der Waals surface area (Å²) in [5.41, 5.74) is 2.54. The van der Waals surface area contributed by atoms with E-state index in [1.807, 2.05) is 0 Å². The molecule has 116 valence electrons. The lowest BCUT2D eigenvalue weighted by Crippen LogP contribution is -2.17. The van der Waals surface area contributed by atoms with Crippen LogP contribution in [0.1, 0.15) is 38.3 Å². The van der Waals surface area contributed by atoms with Crippen LogP contribution in [0, 0.1) is 12.7 Å². The molecule has 0 amide bonds. The van der Waals surface area contributed by atoms with Crippen molar-refractivity contribution in [2.75, 3.05) is 0 Å². The molecule has 0 N–H and O–H groups in total. The molecule has 0 atom stereocenters. The van der Waals surface area contributed by atoms with Crippen LogP contribution in [-0.4, -0.2) is 11.6 Å². The predicted octanol–water partition coefficient (Wildman–Crippen LogP) is 4.73. The highest BCUT2D eigenvalue weighted by Crippen LogP contribution is 2.26. The third-order valence-electron chi connectivity index (χ3n) is 4.03. The van der Waals surface area contributed by atoms with Crippen molar-refractivity contribution in [1.29, 1.82) is 0 Å². The van der Waals surface area contributed by atoms with Crippen molar-refractivity contribution in [3.8, 4) is 0 Å². The lowest BCUT2D eigenvalue weighted by atomic mass is 9.87. The molecular weight excluding hydrogens is 315 g/mol. The monoisotopic (exact) mass is 328 g/mol. The van der Waals surface area contributed by atoms with Crippen LogP contribution >= 0.6 is 11.6 Å². The fourth-order valence-corrected chi connectivity index (χ4v) is 2.88. The summed E-state index contributed by atoms with van der Waals surface area (Å²) in [4.78, 5) is 24.6. The molecule has 0 heterocycles. The van der Waals surface area contributed by atoms with E-state index in [-0.39, 0.29) is 11.6 Å². The van der Waals surface area contributed by atoms with E-state index in [1.165, 1.54) is 12.1 Å². The van der Waals surface area contributed by atoms with E-state index >= 15 is 0 Å². The number of halogens is 2. The zero-order valence-corrected chi connectivity index (χ0v) is 13.3. The highest BCUT2D eigenvalue weighted by atomic mass is 35.5. The molecule has 4 heteroatoms. The van der Waals surface area contributed by atoms with Crippen molar-refractivity contribution in [3.63, 3.8) is 0 Å². The number of Topliss-reactive ketones (excluding diaryl/α,β-unsaturated/α-hetero) is 1. The van der Waals surface area contributed by atoms with Crippen molar-refractivity contribution >= 4 is 23.2 Å². The average molecular weight is 329 g/mol. The molecule has 0 fully saturated rings. The van der Waals surface area contributed by atoms with Crippen LogP contribution in [-0.2, 0) is 6.42 Å². The van der Waals surface area contributed by atoms with Gasteiger partial charge in [-0.1, -0.05) is 41.9 Å². The molecule has 0 saturated heterocycles. The molecule has 2 nitrogen and oxygen atoms in total. The molecule has 0 bridgehead atoms. The fourth-order valence-electron chi connectivity index (χ4n) is 2.73. The van der Waals surface area contributed by atoms with Crippen molar-refractivity contribution in [1.82, 2.24) is 0 Å². The van der Waals surface area contributed by atoms with Gasteiger partial charge in [0.2, 0.25) is 0 Å². The Hall–Kier alpha value is -2.26. The topological polar surface area (TPSA) is 34.1 Å². The van der Waals surface area contributed by atoms with E-state index in [0.717, 1.165) is 5.56 Å². The van der Waals surface area contributed by atoms with Gasteiger partial charge in [-0.15, -0.1) is 0 Å². The first-order chi connectivity index (χ1) is 11.0. The van der Waals surface area contributed by atoms with Crippen molar-refractivity contribution < 1.29 is 14.0 Å². The van der Waals surface area contributed by atoms with Gasteiger partial charge in [0.05, 0.1) is 0 Å². The fraction of sp³-hybridized carbons (Fsp3) is 0.158. The van der Waals surface area contributed by atoms with Crippen LogP contribution < -0.4 is 0 Å². The number of carbonyl (C=O) groups excluding carboxylic acids is 2. The van der Waals surface area contributed by atoms with E-state index < -0.39 is 5.82 Å². The first kappa shape index (κ1) is 15.6. The molecule has 0 saturated carbocycles. The Labute approximate surface area is 138 Å². The van der Waals surface area contributed by atoms with Crippen LogP contribution in [0.2, 0.25) is 5.02 Å². The highest BCUT2D eigenvalue weighted by Gasteiger charge is 2.24. The molecule has 1 aliphatic carbocycles. The lowest BCUT2D eigenvalue weighted by molar-refractivity contribution is 0.0981. The van der Waals surface area contributed by atoms with Gasteiger partial charge in [-0.3, -0.25) is 9.59 Å². The largest absolute Gasteiger partial charge is 0.289 e. The van der Waals surface area contributed by atoms with Crippen molar-refractivity contribution in [2.24, 2.45) is 0 Å². The Kier molecular flexibility index (Phi) is 4.14. The normalized spacial score (nSPS) is 13.8. The van der Waals surface area contributed by atoms with Gasteiger partial charge in [-0.2, -0.15) is 0 Å². The van der Waals surface area contributed by atoms with Gasteiger partial charge >= 0.3 is 0 Å². The Balaban J connectivity index is 1.84. The second kappa shape index (κ2) is 6.09. The summed E-state index contributed by atoms with van der Waals surface area (Å²) in [7, 11) is 0. The summed E-state index contributed by atoms with van der Waals surface area (Å²) in [6.07, 6.45) is 2.03. The smallest absolute Gasteiger partial charge is 0.189 e. The highest BCUT2D eigenvalue weighted by molar-refractivity contribution is 6.31. The number of hydrogen-bond donors (Lipinski definition) is 0. The Morgan fingerprint density at radius 1 is 1.04 bits per heavy atom. The number of ketones is 2. The molecule has 3 rings (SSSR count). The zero-order valence-electron chi connectivity index (χ0n) is 12.5. The van der Waals surface area contributed by atoms with Crippen LogP contribution in [0.3, 0.4) is 0 Å². The molecular formula is C19H14ClFO2. The average Bonchev–Trinajstić information content (AvgIpc) is 2.54. The number of carbonyl (C=O) groups is 2. The number of fused-ring (bicyclic) bond motifs is 1. The van der Waals surface area contributed by atoms with Crippen molar-refractivity contribution in [3.05, 3.63) is 81.1 Å². The van der Waals surface area contributed by atoms with E-state index in [0.29, 0.717) is 40.1 Å². The van der Waals surface area contributed by atoms with Gasteiger partial charge in [0.15, 0.2) is 11.6 Å². The third-order valence-corrected chi connectivity index (χ3v) is 4.43. The maximum Gasteiger partial charge on any atom is 0.189 e. The van der Waals surface area contributed by atoms with Gasteiger partial charge in [0.1, 0.15) is 5.82 Å².